The molecule has 176 valence electrons. The lowest BCUT2D eigenvalue weighted by Gasteiger charge is -2.30. The van der Waals surface area contributed by atoms with Crippen LogP contribution in [0.4, 0.5) is 0 Å². The van der Waals surface area contributed by atoms with Gasteiger partial charge in [-0.25, -0.2) is 5.01 Å². The van der Waals surface area contributed by atoms with Crippen LogP contribution >= 0.6 is 23.2 Å². The smallest absolute Gasteiger partial charge is 0.274 e. The van der Waals surface area contributed by atoms with Crippen molar-refractivity contribution in [1.29, 1.82) is 0 Å². The molecule has 1 aliphatic carbocycles. The van der Waals surface area contributed by atoms with Crippen molar-refractivity contribution in [2.24, 2.45) is 17.8 Å². The summed E-state index contributed by atoms with van der Waals surface area (Å²) in [7, 11) is 1.47. The third-order valence-electron chi connectivity index (χ3n) is 6.17. The normalized spacial score (nSPS) is 21.4. The maximum absolute atomic E-state index is 13.6. The Hall–Kier alpha value is -3.16. The molecule has 0 bridgehead atoms. The van der Waals surface area contributed by atoms with E-state index in [9.17, 15) is 19.2 Å². The van der Waals surface area contributed by atoms with E-state index in [0.29, 0.717) is 17.2 Å². The van der Waals surface area contributed by atoms with Gasteiger partial charge in [-0.3, -0.25) is 19.2 Å². The monoisotopic (exact) mass is 500 g/mol. The second-order valence-electron chi connectivity index (χ2n) is 8.29. The van der Waals surface area contributed by atoms with Crippen LogP contribution in [-0.4, -0.2) is 47.2 Å². The summed E-state index contributed by atoms with van der Waals surface area (Å²) in [6.07, 6.45) is 4.15. The Kier molecular flexibility index (Phi) is 6.77. The van der Waals surface area contributed by atoms with Crippen molar-refractivity contribution in [3.05, 3.63) is 75.8 Å². The number of carbonyl (C=O) groups is 4. The van der Waals surface area contributed by atoms with Crippen molar-refractivity contribution in [1.82, 2.24) is 10.0 Å². The summed E-state index contributed by atoms with van der Waals surface area (Å²) in [6, 6.07) is 10.7. The number of allylic oxidation sites excluding steroid dienone is 2. The van der Waals surface area contributed by atoms with Gasteiger partial charge in [-0.1, -0.05) is 54.4 Å². The molecule has 9 heteroatoms. The molecule has 3 amide bonds. The van der Waals surface area contributed by atoms with E-state index in [1.54, 1.807) is 18.2 Å². The van der Waals surface area contributed by atoms with Gasteiger partial charge in [0.2, 0.25) is 0 Å². The first-order chi connectivity index (χ1) is 16.2. The third kappa shape index (κ3) is 4.33. The van der Waals surface area contributed by atoms with Crippen molar-refractivity contribution in [3.8, 4) is 5.75 Å². The number of ketones is 1. The minimum Gasteiger partial charge on any atom is -0.497 e. The molecule has 1 saturated heterocycles. The van der Waals surface area contributed by atoms with Crippen molar-refractivity contribution in [3.63, 3.8) is 0 Å². The number of hydrogen-bond donors (Lipinski definition) is 0. The minimum absolute atomic E-state index is 0.0196. The van der Waals surface area contributed by atoms with Crippen LogP contribution < -0.4 is 4.74 Å². The number of carbonyl (C=O) groups excluding carboxylic acids is 4. The maximum Gasteiger partial charge on any atom is 0.274 e. The molecule has 1 heterocycles. The van der Waals surface area contributed by atoms with Crippen LogP contribution in [0.2, 0.25) is 10.0 Å². The van der Waals surface area contributed by atoms with Gasteiger partial charge in [0.1, 0.15) is 12.3 Å². The summed E-state index contributed by atoms with van der Waals surface area (Å²) in [5, 5.41) is 2.08. The lowest BCUT2D eigenvalue weighted by Crippen LogP contribution is -2.52. The maximum atomic E-state index is 13.6. The van der Waals surface area contributed by atoms with Crippen LogP contribution in [0.5, 0.6) is 5.75 Å². The third-order valence-corrected chi connectivity index (χ3v) is 6.72. The highest BCUT2D eigenvalue weighted by molar-refractivity contribution is 6.36. The number of nitrogens with zero attached hydrogens (tertiary/aromatic N) is 2. The molecule has 1 fully saturated rings. The van der Waals surface area contributed by atoms with Crippen molar-refractivity contribution in [2.75, 3.05) is 13.7 Å². The number of rotatable bonds is 6. The first kappa shape index (κ1) is 24.0. The minimum atomic E-state index is -0.751. The van der Waals surface area contributed by atoms with Gasteiger partial charge in [0, 0.05) is 10.6 Å². The number of benzene rings is 2. The Labute approximate surface area is 206 Å². The zero-order valence-corrected chi connectivity index (χ0v) is 20.0. The molecule has 2 aliphatic rings. The van der Waals surface area contributed by atoms with Gasteiger partial charge >= 0.3 is 0 Å². The Morgan fingerprint density at radius 3 is 2.56 bits per heavy atom. The number of halogens is 2. The predicted molar refractivity (Wildman–Crippen MR) is 127 cm³/mol. The van der Waals surface area contributed by atoms with Crippen LogP contribution in [0, 0.1) is 17.8 Å². The first-order valence-electron chi connectivity index (χ1n) is 10.7. The summed E-state index contributed by atoms with van der Waals surface area (Å²) in [5.41, 5.74) is 0.289. The fourth-order valence-corrected chi connectivity index (χ4v) is 4.92. The summed E-state index contributed by atoms with van der Waals surface area (Å²) in [4.78, 5) is 53.5. The van der Waals surface area contributed by atoms with Gasteiger partial charge in [0.05, 0.1) is 29.5 Å². The number of ether oxygens (including phenoxy) is 1. The quantitative estimate of drug-likeness (QED) is 0.332. The average molecular weight is 501 g/mol. The van der Waals surface area contributed by atoms with Gasteiger partial charge in [-0.15, -0.1) is 0 Å². The average Bonchev–Trinajstić information content (AvgIpc) is 3.07. The van der Waals surface area contributed by atoms with E-state index in [-0.39, 0.29) is 22.1 Å². The Morgan fingerprint density at radius 2 is 1.88 bits per heavy atom. The number of hydrazine groups is 1. The highest BCUT2D eigenvalue weighted by Gasteiger charge is 2.53. The largest absolute Gasteiger partial charge is 0.497 e. The van der Waals surface area contributed by atoms with E-state index in [2.05, 4.69) is 0 Å². The van der Waals surface area contributed by atoms with Crippen LogP contribution in [0.1, 0.15) is 34.1 Å². The van der Waals surface area contributed by atoms with Gasteiger partial charge < -0.3 is 4.74 Å². The number of fused-ring (bicyclic) bond motifs is 1. The van der Waals surface area contributed by atoms with Crippen molar-refractivity contribution in [2.45, 2.75) is 13.3 Å². The lowest BCUT2D eigenvalue weighted by molar-refractivity contribution is -0.154. The van der Waals surface area contributed by atoms with Crippen LogP contribution in [-0.2, 0) is 9.59 Å². The fraction of sp³-hybridized carbons (Fsp3) is 0.280. The second-order valence-corrected chi connectivity index (χ2v) is 9.13. The van der Waals surface area contributed by atoms with Crippen molar-refractivity contribution < 1.29 is 23.9 Å². The van der Waals surface area contributed by atoms with Gasteiger partial charge in [-0.05, 0) is 42.7 Å². The number of hydrogen-bond acceptors (Lipinski definition) is 5. The van der Waals surface area contributed by atoms with Crippen LogP contribution in [0.15, 0.2) is 54.6 Å². The number of methoxy groups -OCH3 is 1. The van der Waals surface area contributed by atoms with Gasteiger partial charge in [0.15, 0.2) is 5.78 Å². The molecular formula is C25H22Cl2N2O5. The van der Waals surface area contributed by atoms with E-state index in [1.807, 2.05) is 19.1 Å². The molecule has 0 unspecified atom stereocenters. The molecular weight excluding hydrogens is 479 g/mol. The summed E-state index contributed by atoms with van der Waals surface area (Å²) >= 11 is 12.2. The molecule has 0 saturated carbocycles. The topological polar surface area (TPSA) is 84.0 Å². The molecule has 3 atom stereocenters. The molecule has 0 aromatic heterocycles. The zero-order valence-electron chi connectivity index (χ0n) is 18.5. The Morgan fingerprint density at radius 1 is 1.12 bits per heavy atom. The van der Waals surface area contributed by atoms with E-state index in [0.717, 1.165) is 10.0 Å². The molecule has 2 aromatic rings. The molecule has 34 heavy (non-hydrogen) atoms. The summed E-state index contributed by atoms with van der Waals surface area (Å²) in [5.74, 6) is -3.14. The van der Waals surface area contributed by atoms with E-state index in [1.165, 1.54) is 31.4 Å². The van der Waals surface area contributed by atoms with E-state index < -0.39 is 41.9 Å². The molecule has 0 N–H and O–H groups in total. The molecule has 2 aromatic carbocycles. The summed E-state index contributed by atoms with van der Waals surface area (Å²) < 4.78 is 5.18. The Bertz CT molecular complexity index is 1210. The zero-order chi connectivity index (χ0) is 24.6. The standard InChI is InChI=1S/C25H22Cl2N2O5/c1-14-5-3-8-19-22(14)25(33)29(24(19)32)28(23(31)18-10-9-16(26)12-20(18)27)13-21(30)15-6-4-7-17(11-15)34-2/h3-7,9-12,14,19,22H,8,13H2,1-2H3/t14-,19+,22+/m0/s1. The number of imide groups is 1. The summed E-state index contributed by atoms with van der Waals surface area (Å²) in [6.45, 7) is 1.31. The van der Waals surface area contributed by atoms with E-state index >= 15 is 0 Å². The van der Waals surface area contributed by atoms with Crippen molar-refractivity contribution >= 4 is 46.7 Å². The second kappa shape index (κ2) is 9.60. The molecule has 1 aliphatic heterocycles. The fourth-order valence-electron chi connectivity index (χ4n) is 4.43. The molecule has 4 rings (SSSR count). The van der Waals surface area contributed by atoms with Crippen LogP contribution in [0.25, 0.3) is 0 Å². The molecule has 0 radical (unpaired) electrons. The highest BCUT2D eigenvalue weighted by Crippen LogP contribution is 2.39. The lowest BCUT2D eigenvalue weighted by atomic mass is 9.78. The SMILES string of the molecule is COc1cccc(C(=O)CN(C(=O)c2ccc(Cl)cc2Cl)N2C(=O)[C@@H]3[C@@H](C)C=CC[C@H]3C2=O)c1. The Balaban J connectivity index is 1.73. The van der Waals surface area contributed by atoms with Gasteiger partial charge in [0.25, 0.3) is 17.7 Å². The van der Waals surface area contributed by atoms with Gasteiger partial charge in [-0.2, -0.15) is 5.01 Å². The molecule has 7 nitrogen and oxygen atoms in total. The van der Waals surface area contributed by atoms with Crippen LogP contribution in [0.3, 0.4) is 0 Å². The molecule has 0 spiro atoms. The predicted octanol–water partition coefficient (Wildman–Crippen LogP) is 4.44. The first-order valence-corrected chi connectivity index (χ1v) is 11.5. The van der Waals surface area contributed by atoms with E-state index in [4.69, 9.17) is 27.9 Å². The number of amides is 3. The highest BCUT2D eigenvalue weighted by atomic mass is 35.5. The number of Topliss-reactive ketones (excluding diaryl/α,β-unsaturated/α-hetero) is 1.